The van der Waals surface area contributed by atoms with Gasteiger partial charge in [-0.15, -0.1) is 0 Å². The Morgan fingerprint density at radius 1 is 0.455 bits per heavy atom. The Kier molecular flexibility index (Phi) is 33.9. The zero-order chi connectivity index (χ0) is 67.0. The summed E-state index contributed by atoms with van der Waals surface area (Å²) in [6.45, 7) is 4.27. The molecule has 36 nitrogen and oxygen atoms in total. The Morgan fingerprint density at radius 2 is 0.875 bits per heavy atom. The number of phenols is 1. The third-order valence-corrected chi connectivity index (χ3v) is 12.8. The Labute approximate surface area is 503 Å². The molecule has 36 heteroatoms. The van der Waals surface area contributed by atoms with Crippen molar-refractivity contribution in [1.82, 2.24) is 47.9 Å². The lowest BCUT2D eigenvalue weighted by molar-refractivity contribution is -0.144. The lowest BCUT2D eigenvalue weighted by Crippen LogP contribution is -2.61. The monoisotopic (exact) mass is 1250 g/mol. The number of unbranched alkanes of at least 4 members (excludes halogenated alkanes) is 1. The number of guanidine groups is 1. The maximum Gasteiger partial charge on any atom is 0.326 e. The van der Waals surface area contributed by atoms with Crippen molar-refractivity contribution in [2.24, 2.45) is 39.6 Å². The quantitative estimate of drug-likeness (QED) is 0.0164. The number of carboxylic acid groups (broad SMARTS) is 5. The molecule has 0 heterocycles. The van der Waals surface area contributed by atoms with Gasteiger partial charge in [0.25, 0.3) is 0 Å². The van der Waals surface area contributed by atoms with Crippen LogP contribution in [-0.4, -0.2) is 199 Å². The van der Waals surface area contributed by atoms with Crippen LogP contribution in [0.3, 0.4) is 0 Å². The van der Waals surface area contributed by atoms with E-state index in [0.717, 1.165) is 6.92 Å². The zero-order valence-electron chi connectivity index (χ0n) is 48.6. The Morgan fingerprint density at radius 3 is 1.32 bits per heavy atom. The van der Waals surface area contributed by atoms with Crippen molar-refractivity contribution in [1.29, 1.82) is 0 Å². The first-order valence-electron chi connectivity index (χ1n) is 27.6. The molecule has 0 saturated heterocycles. The predicted molar refractivity (Wildman–Crippen MR) is 305 cm³/mol. The molecular formula is C52H81N15O21. The number of carbonyl (C=O) groups excluding carboxylic acids is 10. The van der Waals surface area contributed by atoms with E-state index in [0.29, 0.717) is 6.42 Å². The van der Waals surface area contributed by atoms with Crippen molar-refractivity contribution in [2.75, 3.05) is 13.1 Å². The third-order valence-electron chi connectivity index (χ3n) is 12.8. The molecule has 0 fully saturated rings. The van der Waals surface area contributed by atoms with Crippen molar-refractivity contribution in [3.63, 3.8) is 0 Å². The molecule has 10 amide bonds. The van der Waals surface area contributed by atoms with Crippen LogP contribution in [0, 0.1) is 5.92 Å². The number of primary amides is 1. The van der Waals surface area contributed by atoms with Crippen molar-refractivity contribution in [3.8, 4) is 5.75 Å². The van der Waals surface area contributed by atoms with Gasteiger partial charge in [-0.1, -0.05) is 26.0 Å². The molecular weight excluding hydrogens is 1170 g/mol. The summed E-state index contributed by atoms with van der Waals surface area (Å²) in [5.41, 5.74) is 27.6. The van der Waals surface area contributed by atoms with E-state index in [4.69, 9.17) is 28.7 Å². The third kappa shape index (κ3) is 30.4. The lowest BCUT2D eigenvalue weighted by Gasteiger charge is -2.29. The molecule has 25 N–H and O–H groups in total. The maximum absolute atomic E-state index is 14.4. The number of carboxylic acids is 5. The van der Waals surface area contributed by atoms with Gasteiger partial charge in [-0.3, -0.25) is 72.1 Å². The number of nitrogens with zero attached hydrogens (tertiary/aromatic N) is 1. The molecule has 0 bridgehead atoms. The molecule has 0 aliphatic carbocycles. The molecule has 1 rings (SSSR count). The molecule has 0 aliphatic heterocycles. The molecule has 1 aromatic carbocycles. The molecule has 1 aromatic rings. The summed E-state index contributed by atoms with van der Waals surface area (Å²) >= 11 is 0. The van der Waals surface area contributed by atoms with E-state index >= 15 is 0 Å². The minimum absolute atomic E-state index is 0.0357. The summed E-state index contributed by atoms with van der Waals surface area (Å²) in [7, 11) is 0. The molecule has 0 spiro atoms. The molecule has 0 aliphatic rings. The van der Waals surface area contributed by atoms with E-state index < -0.39 is 213 Å². The second kappa shape index (κ2) is 39.1. The van der Waals surface area contributed by atoms with Crippen molar-refractivity contribution < 1.29 is 103 Å². The van der Waals surface area contributed by atoms with Crippen LogP contribution >= 0.6 is 0 Å². The number of aromatic hydroxyl groups is 1. The summed E-state index contributed by atoms with van der Waals surface area (Å²) in [5.74, 6) is -20.6. The van der Waals surface area contributed by atoms with E-state index in [1.807, 2.05) is 5.32 Å². The smallest absolute Gasteiger partial charge is 0.326 e. The van der Waals surface area contributed by atoms with Gasteiger partial charge in [0.05, 0.1) is 18.9 Å². The van der Waals surface area contributed by atoms with Gasteiger partial charge < -0.3 is 107 Å². The second-order valence-electron chi connectivity index (χ2n) is 20.5. The minimum atomic E-state index is -1.92. The lowest BCUT2D eigenvalue weighted by atomic mass is 9.99. The van der Waals surface area contributed by atoms with Crippen LogP contribution in [0.25, 0.3) is 0 Å². The Hall–Kier alpha value is -9.74. The number of nitrogens with two attached hydrogens (primary N) is 5. The number of hydrogen-bond acceptors (Lipinski definition) is 19. The van der Waals surface area contributed by atoms with Gasteiger partial charge in [-0.05, 0) is 88.4 Å². The fourth-order valence-electron chi connectivity index (χ4n) is 7.98. The number of benzene rings is 1. The van der Waals surface area contributed by atoms with Crippen molar-refractivity contribution >= 4 is 94.9 Å². The number of aliphatic imine (C=N–C) groups is 1. The average molecular weight is 1250 g/mol. The van der Waals surface area contributed by atoms with Gasteiger partial charge >= 0.3 is 29.8 Å². The molecule has 88 heavy (non-hydrogen) atoms. The Bertz CT molecular complexity index is 2670. The number of nitrogens with one attached hydrogen (secondary N) is 9. The number of carbonyl (C=O) groups is 15. The van der Waals surface area contributed by atoms with Crippen molar-refractivity contribution in [3.05, 3.63) is 29.8 Å². The van der Waals surface area contributed by atoms with Crippen LogP contribution in [0.15, 0.2) is 29.3 Å². The van der Waals surface area contributed by atoms with Gasteiger partial charge in [0.2, 0.25) is 59.1 Å². The molecule has 0 radical (unpaired) electrons. The first-order chi connectivity index (χ1) is 41.1. The van der Waals surface area contributed by atoms with Crippen LogP contribution in [0.4, 0.5) is 0 Å². The van der Waals surface area contributed by atoms with Crippen LogP contribution in [0.1, 0.15) is 110 Å². The highest BCUT2D eigenvalue weighted by molar-refractivity contribution is 5.99. The van der Waals surface area contributed by atoms with E-state index in [1.54, 1.807) is 0 Å². The van der Waals surface area contributed by atoms with Gasteiger partial charge in [-0.2, -0.15) is 0 Å². The van der Waals surface area contributed by atoms with Gasteiger partial charge in [0, 0.05) is 32.2 Å². The van der Waals surface area contributed by atoms with E-state index in [9.17, 15) is 103 Å². The standard InChI is InChI=1S/C52H81N15O21/c1-24(2)41(67-49(85)34(23-40(76)77)64-45(81)29(8-4-5-19-53)61-43(79)28(54)7-6-20-58-52(56)57)50(86)65-33(21-26-9-11-27(68)12-10-26)48(84)63-32(15-18-39(74)75)46(82)62-30(13-16-37(70)71)44(80)59-25(3)42(78)60-31(14-17-38(72)73)47(83)66-35(51(87)88)22-36(55)69/h9-12,24-25,28-35,41,68H,4-8,13-23,53-54H2,1-3H3,(H2,55,69)(H,59,80)(H,60,78)(H,61,79)(H,62,82)(H,63,84)(H,64,81)(H,65,86)(H,66,83)(H,67,85)(H,70,71)(H,72,73)(H,74,75)(H,76,77)(H,87,88)(H4,56,57,58). The van der Waals surface area contributed by atoms with E-state index in [1.165, 1.54) is 38.1 Å². The summed E-state index contributed by atoms with van der Waals surface area (Å²) in [4.78, 5) is 198. The predicted octanol–water partition coefficient (Wildman–Crippen LogP) is -6.49. The van der Waals surface area contributed by atoms with Gasteiger partial charge in [0.1, 0.15) is 60.1 Å². The maximum atomic E-state index is 14.4. The average Bonchev–Trinajstić information content (AvgIpc) is 1.66. The van der Waals surface area contributed by atoms with Crippen LogP contribution in [0.5, 0.6) is 5.75 Å². The zero-order valence-corrected chi connectivity index (χ0v) is 48.6. The van der Waals surface area contributed by atoms with Crippen LogP contribution < -0.4 is 76.5 Å². The Balaban J connectivity index is 3.61. The highest BCUT2D eigenvalue weighted by Crippen LogP contribution is 2.15. The highest BCUT2D eigenvalue weighted by atomic mass is 16.4. The largest absolute Gasteiger partial charge is 0.508 e. The second-order valence-corrected chi connectivity index (χ2v) is 20.5. The van der Waals surface area contributed by atoms with Crippen molar-refractivity contribution in [2.45, 2.75) is 171 Å². The first-order valence-corrected chi connectivity index (χ1v) is 27.6. The minimum Gasteiger partial charge on any atom is -0.508 e. The number of amides is 10. The number of phenolic OH excluding ortho intramolecular Hbond substituents is 1. The normalized spacial score (nSPS) is 14.3. The number of hydrogen-bond donors (Lipinski definition) is 20. The fraction of sp³-hybridized carbons (Fsp3) is 0.577. The van der Waals surface area contributed by atoms with Gasteiger partial charge in [-0.25, -0.2) is 4.79 Å². The molecule has 490 valence electrons. The van der Waals surface area contributed by atoms with Crippen LogP contribution in [-0.2, 0) is 78.3 Å². The molecule has 0 aromatic heterocycles. The molecule has 10 unspecified atom stereocenters. The van der Waals surface area contributed by atoms with Crippen LogP contribution in [0.2, 0.25) is 0 Å². The SMILES string of the molecule is CC(NC(=O)C(CCC(=O)O)NC(=O)C(CCC(=O)O)NC(=O)C(Cc1ccc(O)cc1)NC(=O)C(NC(=O)C(CC(=O)O)NC(=O)C(CCCCN)NC(=O)C(N)CCCN=C(N)N)C(C)C)C(=O)NC(CCC(=O)O)C(=O)NC(CC(N)=O)C(=O)O. The summed E-state index contributed by atoms with van der Waals surface area (Å²) < 4.78 is 0. The summed E-state index contributed by atoms with van der Waals surface area (Å²) in [5, 5.41) is 78.0. The molecule has 0 saturated carbocycles. The first kappa shape index (κ1) is 76.3. The summed E-state index contributed by atoms with van der Waals surface area (Å²) in [6.07, 6.45) is -5.91. The van der Waals surface area contributed by atoms with Gasteiger partial charge in [0.15, 0.2) is 5.96 Å². The number of rotatable bonds is 43. The topological polar surface area (TPSA) is 628 Å². The highest BCUT2D eigenvalue weighted by Gasteiger charge is 2.37. The van der Waals surface area contributed by atoms with E-state index in [-0.39, 0.29) is 56.0 Å². The number of aliphatic carboxylic acids is 5. The van der Waals surface area contributed by atoms with E-state index in [2.05, 4.69) is 47.5 Å². The molecule has 10 atom stereocenters. The summed E-state index contributed by atoms with van der Waals surface area (Å²) in [6, 6.07) is -11.9. The fourth-order valence-corrected chi connectivity index (χ4v) is 7.98.